The number of carbonyl (C=O) groups is 1. The predicted molar refractivity (Wildman–Crippen MR) is 42.0 cm³/mol. The molecule has 62 valence electrons. The molecule has 0 aliphatic rings. The van der Waals surface area contributed by atoms with Gasteiger partial charge in [0.25, 0.3) is 0 Å². The number of hydrogen-bond donors (Lipinski definition) is 0. The van der Waals surface area contributed by atoms with Gasteiger partial charge in [-0.25, -0.2) is 4.57 Å². The molecule has 0 unspecified atom stereocenters. The molecule has 1 aromatic rings. The number of hydrogen-bond acceptors (Lipinski definition) is 2. The van der Waals surface area contributed by atoms with E-state index >= 15 is 0 Å². The Hall–Kier alpha value is -1.64. The van der Waals surface area contributed by atoms with Gasteiger partial charge >= 0.3 is 0 Å². The van der Waals surface area contributed by atoms with Crippen LogP contribution in [0.4, 0.5) is 0 Å². The van der Waals surface area contributed by atoms with E-state index in [4.69, 9.17) is 0 Å². The first-order valence-corrected chi connectivity index (χ1v) is 3.49. The maximum Gasteiger partial charge on any atom is 0.213 e. The minimum Gasteiger partial charge on any atom is -0.545 e. The molecule has 12 heavy (non-hydrogen) atoms. The van der Waals surface area contributed by atoms with Crippen molar-refractivity contribution >= 4 is 12.0 Å². The van der Waals surface area contributed by atoms with Crippen molar-refractivity contribution in [2.75, 3.05) is 0 Å². The average molecular weight is 163 g/mol. The summed E-state index contributed by atoms with van der Waals surface area (Å²) in [6.45, 7) is 3.52. The standard InChI is InChI=1S/C9H9NO2/c1-3-8-7(9(11)12)5-4-6-10(8)2/h3-6H,1H2,2H3. The van der Waals surface area contributed by atoms with Crippen LogP contribution in [0.1, 0.15) is 16.1 Å². The van der Waals surface area contributed by atoms with Gasteiger partial charge in [-0.1, -0.05) is 6.58 Å². The average Bonchev–Trinajstić information content (AvgIpc) is 2.03. The van der Waals surface area contributed by atoms with Gasteiger partial charge in [-0.2, -0.15) is 0 Å². The lowest BCUT2D eigenvalue weighted by atomic mass is 10.2. The van der Waals surface area contributed by atoms with Gasteiger partial charge in [-0.05, 0) is 6.07 Å². The van der Waals surface area contributed by atoms with Crippen molar-refractivity contribution in [1.82, 2.24) is 0 Å². The molecule has 0 saturated heterocycles. The Morgan fingerprint density at radius 3 is 2.83 bits per heavy atom. The molecule has 0 bridgehead atoms. The summed E-state index contributed by atoms with van der Waals surface area (Å²) in [5.74, 6) is -1.18. The molecule has 0 aliphatic heterocycles. The molecule has 0 spiro atoms. The number of carboxylic acid groups (broad SMARTS) is 1. The number of carbonyl (C=O) groups excluding carboxylic acids is 1. The highest BCUT2D eigenvalue weighted by atomic mass is 16.4. The zero-order valence-corrected chi connectivity index (χ0v) is 6.78. The second kappa shape index (κ2) is 3.17. The Balaban J connectivity index is 3.37. The van der Waals surface area contributed by atoms with Gasteiger partial charge in [0.2, 0.25) is 5.69 Å². The van der Waals surface area contributed by atoms with Crippen LogP contribution >= 0.6 is 0 Å². The quantitative estimate of drug-likeness (QED) is 0.552. The lowest BCUT2D eigenvalue weighted by Gasteiger charge is -2.03. The van der Waals surface area contributed by atoms with E-state index in [2.05, 4.69) is 6.58 Å². The molecule has 0 atom stereocenters. The smallest absolute Gasteiger partial charge is 0.213 e. The highest BCUT2D eigenvalue weighted by molar-refractivity contribution is 5.88. The number of carboxylic acids is 1. The van der Waals surface area contributed by atoms with E-state index in [0.29, 0.717) is 5.69 Å². The molecule has 1 rings (SSSR count). The van der Waals surface area contributed by atoms with E-state index in [1.165, 1.54) is 12.1 Å². The summed E-state index contributed by atoms with van der Waals surface area (Å²) >= 11 is 0. The fourth-order valence-corrected chi connectivity index (χ4v) is 1.05. The van der Waals surface area contributed by atoms with Crippen LogP contribution in [0.15, 0.2) is 24.9 Å². The van der Waals surface area contributed by atoms with Gasteiger partial charge in [0, 0.05) is 12.1 Å². The third-order valence-electron chi connectivity index (χ3n) is 1.64. The minimum atomic E-state index is -1.18. The number of aromatic nitrogens is 1. The molecule has 0 N–H and O–H groups in total. The SMILES string of the molecule is C=Cc1c(C(=O)[O-])ccc[n+]1C. The first-order chi connectivity index (χ1) is 5.66. The molecule has 3 nitrogen and oxygen atoms in total. The molecular weight excluding hydrogens is 154 g/mol. The van der Waals surface area contributed by atoms with Crippen LogP contribution in [-0.2, 0) is 7.05 Å². The first-order valence-electron chi connectivity index (χ1n) is 3.49. The molecule has 0 fully saturated rings. The van der Waals surface area contributed by atoms with Gasteiger partial charge < -0.3 is 9.90 Å². The van der Waals surface area contributed by atoms with Crippen molar-refractivity contribution in [3.8, 4) is 0 Å². The summed E-state index contributed by atoms with van der Waals surface area (Å²) < 4.78 is 1.68. The molecule has 0 saturated carbocycles. The Labute approximate surface area is 70.6 Å². The summed E-state index contributed by atoms with van der Waals surface area (Å²) in [6, 6.07) is 3.14. The van der Waals surface area contributed by atoms with Crippen LogP contribution < -0.4 is 9.67 Å². The molecule has 0 amide bonds. The summed E-state index contributed by atoms with van der Waals surface area (Å²) in [4.78, 5) is 10.6. The van der Waals surface area contributed by atoms with Gasteiger partial charge in [-0.3, -0.25) is 0 Å². The Bertz CT molecular complexity index is 331. The van der Waals surface area contributed by atoms with Crippen LogP contribution in [-0.4, -0.2) is 5.97 Å². The van der Waals surface area contributed by atoms with Crippen molar-refractivity contribution in [1.29, 1.82) is 0 Å². The van der Waals surface area contributed by atoms with Crippen LogP contribution in [0.25, 0.3) is 6.08 Å². The highest BCUT2D eigenvalue weighted by Crippen LogP contribution is 2.02. The number of rotatable bonds is 2. The maximum atomic E-state index is 10.6. The van der Waals surface area contributed by atoms with E-state index in [9.17, 15) is 9.90 Å². The zero-order chi connectivity index (χ0) is 9.14. The molecular formula is C9H9NO2. The minimum absolute atomic E-state index is 0.162. The van der Waals surface area contributed by atoms with Crippen molar-refractivity contribution < 1.29 is 14.5 Å². The molecule has 1 aromatic heterocycles. The third-order valence-corrected chi connectivity index (χ3v) is 1.64. The van der Waals surface area contributed by atoms with Gasteiger partial charge in [0.05, 0.1) is 11.5 Å². The summed E-state index contributed by atoms with van der Waals surface area (Å²) in [5.41, 5.74) is 0.715. The second-order valence-corrected chi connectivity index (χ2v) is 2.41. The van der Waals surface area contributed by atoms with E-state index in [0.717, 1.165) is 0 Å². The van der Waals surface area contributed by atoms with Crippen LogP contribution in [0.2, 0.25) is 0 Å². The number of nitrogens with zero attached hydrogens (tertiary/aromatic N) is 1. The van der Waals surface area contributed by atoms with Crippen molar-refractivity contribution in [2.24, 2.45) is 7.05 Å². The van der Waals surface area contributed by atoms with Crippen molar-refractivity contribution in [3.05, 3.63) is 36.2 Å². The van der Waals surface area contributed by atoms with Gasteiger partial charge in [-0.15, -0.1) is 0 Å². The fraction of sp³-hybridized carbons (Fsp3) is 0.111. The summed E-state index contributed by atoms with van der Waals surface area (Å²) in [6.07, 6.45) is 3.24. The van der Waals surface area contributed by atoms with Crippen molar-refractivity contribution in [2.45, 2.75) is 0 Å². The second-order valence-electron chi connectivity index (χ2n) is 2.41. The van der Waals surface area contributed by atoms with E-state index in [1.807, 2.05) is 0 Å². The molecule has 0 aromatic carbocycles. The zero-order valence-electron chi connectivity index (χ0n) is 6.78. The monoisotopic (exact) mass is 163 g/mol. The normalized spacial score (nSPS) is 9.42. The highest BCUT2D eigenvalue weighted by Gasteiger charge is 2.08. The number of aromatic carboxylic acids is 1. The lowest BCUT2D eigenvalue weighted by molar-refractivity contribution is -0.673. The number of pyridine rings is 1. The van der Waals surface area contributed by atoms with E-state index in [1.54, 1.807) is 23.9 Å². The van der Waals surface area contributed by atoms with Gasteiger partial charge in [0.1, 0.15) is 7.05 Å². The van der Waals surface area contributed by atoms with E-state index < -0.39 is 5.97 Å². The Kier molecular flexibility index (Phi) is 2.24. The summed E-state index contributed by atoms with van der Waals surface area (Å²) in [5, 5.41) is 10.6. The third kappa shape index (κ3) is 1.34. The molecule has 0 radical (unpaired) electrons. The maximum absolute atomic E-state index is 10.6. The van der Waals surface area contributed by atoms with Gasteiger partial charge in [0.15, 0.2) is 6.20 Å². The largest absolute Gasteiger partial charge is 0.545 e. The lowest BCUT2D eigenvalue weighted by Crippen LogP contribution is -2.36. The van der Waals surface area contributed by atoms with Crippen LogP contribution in [0, 0.1) is 0 Å². The van der Waals surface area contributed by atoms with E-state index in [-0.39, 0.29) is 5.56 Å². The number of aryl methyl sites for hydroxylation is 1. The molecule has 1 heterocycles. The Morgan fingerprint density at radius 1 is 1.75 bits per heavy atom. The summed E-state index contributed by atoms with van der Waals surface area (Å²) in [7, 11) is 1.75. The fourth-order valence-electron chi connectivity index (χ4n) is 1.05. The predicted octanol–water partition coefficient (Wildman–Crippen LogP) is -0.482. The topological polar surface area (TPSA) is 44.0 Å². The first kappa shape index (κ1) is 8.46. The van der Waals surface area contributed by atoms with Crippen LogP contribution in [0.3, 0.4) is 0 Å². The van der Waals surface area contributed by atoms with Crippen molar-refractivity contribution in [3.63, 3.8) is 0 Å². The molecule has 0 aliphatic carbocycles. The molecule has 3 heteroatoms. The van der Waals surface area contributed by atoms with Crippen LogP contribution in [0.5, 0.6) is 0 Å². The Morgan fingerprint density at radius 2 is 2.42 bits per heavy atom.